The van der Waals surface area contributed by atoms with Crippen LogP contribution >= 0.6 is 0 Å². The largest absolute Gasteiger partial charge is 0.372 e. The molecule has 1 aliphatic heterocycles. The number of hydrogen-bond acceptors (Lipinski definition) is 2. The zero-order valence-corrected chi connectivity index (χ0v) is 10.2. The number of anilines is 1. The summed E-state index contributed by atoms with van der Waals surface area (Å²) in [6.45, 7) is 4.51. The SMILES string of the molecule is C[C@H](N)CCc1ccc(N2CCCC2)cc1. The van der Waals surface area contributed by atoms with Crippen molar-refractivity contribution in [2.75, 3.05) is 18.0 Å². The van der Waals surface area contributed by atoms with Crippen molar-refractivity contribution < 1.29 is 0 Å². The van der Waals surface area contributed by atoms with Crippen LogP contribution < -0.4 is 10.6 Å². The van der Waals surface area contributed by atoms with Crippen LogP contribution in [0.3, 0.4) is 0 Å². The molecule has 2 nitrogen and oxygen atoms in total. The highest BCUT2D eigenvalue weighted by atomic mass is 15.1. The Hall–Kier alpha value is -1.02. The summed E-state index contributed by atoms with van der Waals surface area (Å²) in [5.41, 5.74) is 8.54. The van der Waals surface area contributed by atoms with Gasteiger partial charge in [0.2, 0.25) is 0 Å². The molecule has 1 aromatic rings. The first-order chi connectivity index (χ1) is 7.75. The van der Waals surface area contributed by atoms with Crippen molar-refractivity contribution in [3.8, 4) is 0 Å². The summed E-state index contributed by atoms with van der Waals surface area (Å²) in [5, 5.41) is 0. The molecule has 1 atom stereocenters. The van der Waals surface area contributed by atoms with Crippen LogP contribution in [0.2, 0.25) is 0 Å². The number of aryl methyl sites for hydroxylation is 1. The molecular weight excluding hydrogens is 196 g/mol. The van der Waals surface area contributed by atoms with Gasteiger partial charge in [-0.2, -0.15) is 0 Å². The van der Waals surface area contributed by atoms with Crippen molar-refractivity contribution in [3.05, 3.63) is 29.8 Å². The van der Waals surface area contributed by atoms with E-state index in [0.29, 0.717) is 6.04 Å². The topological polar surface area (TPSA) is 29.3 Å². The number of rotatable bonds is 4. The first kappa shape index (κ1) is 11.5. The van der Waals surface area contributed by atoms with Gasteiger partial charge in [-0.15, -0.1) is 0 Å². The van der Waals surface area contributed by atoms with Gasteiger partial charge in [-0.25, -0.2) is 0 Å². The summed E-state index contributed by atoms with van der Waals surface area (Å²) in [5.74, 6) is 0. The fourth-order valence-electron chi connectivity index (χ4n) is 2.24. The minimum Gasteiger partial charge on any atom is -0.372 e. The van der Waals surface area contributed by atoms with Gasteiger partial charge in [0.15, 0.2) is 0 Å². The van der Waals surface area contributed by atoms with E-state index in [1.165, 1.54) is 37.2 Å². The Labute approximate surface area is 98.4 Å². The minimum absolute atomic E-state index is 0.304. The lowest BCUT2D eigenvalue weighted by Gasteiger charge is -2.17. The minimum atomic E-state index is 0.304. The number of nitrogens with zero attached hydrogens (tertiary/aromatic N) is 1. The van der Waals surface area contributed by atoms with Crippen LogP contribution in [0.1, 0.15) is 31.7 Å². The third kappa shape index (κ3) is 2.99. The summed E-state index contributed by atoms with van der Waals surface area (Å²) < 4.78 is 0. The monoisotopic (exact) mass is 218 g/mol. The van der Waals surface area contributed by atoms with E-state index in [-0.39, 0.29) is 0 Å². The number of nitrogens with two attached hydrogens (primary N) is 1. The highest BCUT2D eigenvalue weighted by Crippen LogP contribution is 2.20. The van der Waals surface area contributed by atoms with Crippen LogP contribution in [-0.4, -0.2) is 19.1 Å². The van der Waals surface area contributed by atoms with Gasteiger partial charge in [-0.3, -0.25) is 0 Å². The molecule has 88 valence electrons. The summed E-state index contributed by atoms with van der Waals surface area (Å²) in [6, 6.07) is 9.30. The van der Waals surface area contributed by atoms with Gasteiger partial charge in [0.05, 0.1) is 0 Å². The molecule has 0 saturated carbocycles. The van der Waals surface area contributed by atoms with E-state index in [4.69, 9.17) is 5.73 Å². The lowest BCUT2D eigenvalue weighted by atomic mass is 10.1. The molecule has 1 heterocycles. The second-order valence-corrected chi connectivity index (χ2v) is 4.88. The quantitative estimate of drug-likeness (QED) is 0.841. The van der Waals surface area contributed by atoms with Gasteiger partial charge < -0.3 is 10.6 Å². The first-order valence-corrected chi connectivity index (χ1v) is 6.35. The van der Waals surface area contributed by atoms with Crippen LogP contribution in [0, 0.1) is 0 Å². The zero-order chi connectivity index (χ0) is 11.4. The van der Waals surface area contributed by atoms with Gasteiger partial charge in [-0.05, 0) is 50.3 Å². The van der Waals surface area contributed by atoms with E-state index in [2.05, 4.69) is 36.1 Å². The van der Waals surface area contributed by atoms with Gasteiger partial charge in [0.1, 0.15) is 0 Å². The smallest absolute Gasteiger partial charge is 0.0366 e. The average molecular weight is 218 g/mol. The predicted molar refractivity (Wildman–Crippen MR) is 69.9 cm³/mol. The van der Waals surface area contributed by atoms with Crippen molar-refractivity contribution in [1.82, 2.24) is 0 Å². The normalized spacial score (nSPS) is 17.8. The molecule has 1 saturated heterocycles. The molecule has 16 heavy (non-hydrogen) atoms. The van der Waals surface area contributed by atoms with Crippen molar-refractivity contribution in [2.45, 2.75) is 38.6 Å². The predicted octanol–water partition coefficient (Wildman–Crippen LogP) is 2.57. The molecule has 0 radical (unpaired) electrons. The molecule has 0 aromatic heterocycles. The summed E-state index contributed by atoms with van der Waals surface area (Å²) in [4.78, 5) is 2.47. The number of benzene rings is 1. The zero-order valence-electron chi connectivity index (χ0n) is 10.2. The molecule has 1 aromatic carbocycles. The third-order valence-corrected chi connectivity index (χ3v) is 3.30. The molecule has 2 rings (SSSR count). The average Bonchev–Trinajstić information content (AvgIpc) is 2.80. The fourth-order valence-corrected chi connectivity index (χ4v) is 2.24. The molecule has 0 unspecified atom stereocenters. The second kappa shape index (κ2) is 5.35. The summed E-state index contributed by atoms with van der Waals surface area (Å²) in [6.07, 6.45) is 4.85. The van der Waals surface area contributed by atoms with Crippen LogP contribution in [-0.2, 0) is 6.42 Å². The maximum Gasteiger partial charge on any atom is 0.0366 e. The van der Waals surface area contributed by atoms with E-state index in [9.17, 15) is 0 Å². The summed E-state index contributed by atoms with van der Waals surface area (Å²) >= 11 is 0. The van der Waals surface area contributed by atoms with Gasteiger partial charge in [0.25, 0.3) is 0 Å². The highest BCUT2D eigenvalue weighted by molar-refractivity contribution is 5.48. The molecule has 2 heteroatoms. The lowest BCUT2D eigenvalue weighted by molar-refractivity contribution is 0.666. The Morgan fingerprint density at radius 3 is 2.38 bits per heavy atom. The van der Waals surface area contributed by atoms with Crippen LogP contribution in [0.5, 0.6) is 0 Å². The Morgan fingerprint density at radius 2 is 1.81 bits per heavy atom. The van der Waals surface area contributed by atoms with E-state index in [1.807, 2.05) is 0 Å². The van der Waals surface area contributed by atoms with Crippen LogP contribution in [0.25, 0.3) is 0 Å². The van der Waals surface area contributed by atoms with E-state index in [0.717, 1.165) is 12.8 Å². The number of hydrogen-bond donors (Lipinski definition) is 1. The Balaban J connectivity index is 1.93. The van der Waals surface area contributed by atoms with Crippen molar-refractivity contribution in [3.63, 3.8) is 0 Å². The lowest BCUT2D eigenvalue weighted by Crippen LogP contribution is -2.17. The Kier molecular flexibility index (Phi) is 3.83. The molecule has 1 aliphatic rings. The van der Waals surface area contributed by atoms with Crippen molar-refractivity contribution in [1.29, 1.82) is 0 Å². The Bertz CT molecular complexity index is 310. The second-order valence-electron chi connectivity index (χ2n) is 4.88. The van der Waals surface area contributed by atoms with Gasteiger partial charge >= 0.3 is 0 Å². The highest BCUT2D eigenvalue weighted by Gasteiger charge is 2.11. The van der Waals surface area contributed by atoms with E-state index in [1.54, 1.807) is 0 Å². The standard InChI is InChI=1S/C14H22N2/c1-12(15)4-5-13-6-8-14(9-7-13)16-10-2-3-11-16/h6-9,12H,2-5,10-11,15H2,1H3/t12-/m0/s1. The maximum absolute atomic E-state index is 5.76. The molecule has 2 N–H and O–H groups in total. The van der Waals surface area contributed by atoms with E-state index < -0.39 is 0 Å². The van der Waals surface area contributed by atoms with Crippen LogP contribution in [0.15, 0.2) is 24.3 Å². The van der Waals surface area contributed by atoms with Crippen LogP contribution in [0.4, 0.5) is 5.69 Å². The molecule has 0 aliphatic carbocycles. The van der Waals surface area contributed by atoms with Crippen molar-refractivity contribution >= 4 is 5.69 Å². The fraction of sp³-hybridized carbons (Fsp3) is 0.571. The molecule has 0 amide bonds. The molecule has 1 fully saturated rings. The van der Waals surface area contributed by atoms with Gasteiger partial charge in [0, 0.05) is 24.8 Å². The third-order valence-electron chi connectivity index (χ3n) is 3.30. The first-order valence-electron chi connectivity index (χ1n) is 6.35. The van der Waals surface area contributed by atoms with Gasteiger partial charge in [-0.1, -0.05) is 12.1 Å². The molecule has 0 spiro atoms. The van der Waals surface area contributed by atoms with E-state index >= 15 is 0 Å². The Morgan fingerprint density at radius 1 is 1.19 bits per heavy atom. The van der Waals surface area contributed by atoms with Crippen molar-refractivity contribution in [2.24, 2.45) is 5.73 Å². The maximum atomic E-state index is 5.76. The molecular formula is C14H22N2. The molecule has 0 bridgehead atoms. The summed E-state index contributed by atoms with van der Waals surface area (Å²) in [7, 11) is 0.